The second-order valence-electron chi connectivity index (χ2n) is 9.18. The number of nitrogens with zero attached hydrogens (tertiary/aromatic N) is 4. The molecule has 1 atom stereocenters. The van der Waals surface area contributed by atoms with Crippen molar-refractivity contribution in [3.63, 3.8) is 0 Å². The number of rotatable bonds is 7. The number of likely N-dealkylation sites (tertiary alicyclic amines) is 1. The van der Waals surface area contributed by atoms with Crippen molar-refractivity contribution in [2.45, 2.75) is 52.2 Å². The van der Waals surface area contributed by atoms with Gasteiger partial charge in [-0.25, -0.2) is 14.3 Å². The van der Waals surface area contributed by atoms with Crippen LogP contribution in [-0.2, 0) is 9.47 Å². The Bertz CT molecular complexity index is 968. The first-order valence-electron chi connectivity index (χ1n) is 11.2. The molecule has 1 aliphatic heterocycles. The second kappa shape index (κ2) is 10.7. The Morgan fingerprint density at radius 1 is 1.27 bits per heavy atom. The zero-order chi connectivity index (χ0) is 24.0. The first-order chi connectivity index (χ1) is 15.7. The number of methoxy groups -OCH3 is 1. The van der Waals surface area contributed by atoms with E-state index in [1.54, 1.807) is 18.5 Å². The zero-order valence-corrected chi connectivity index (χ0v) is 20.1. The van der Waals surface area contributed by atoms with E-state index in [1.165, 1.54) is 7.11 Å². The minimum atomic E-state index is -0.510. The molecule has 3 heterocycles. The SMILES string of the molecule is COC(=O)c1ccncc1Nc1c(C)cnn1C1CCCN(CCNC(=O)OC(C)(C)C)C1. The van der Waals surface area contributed by atoms with E-state index in [0.29, 0.717) is 17.8 Å². The number of aryl methyl sites for hydroxylation is 1. The number of carbonyl (C=O) groups excluding carboxylic acids is 2. The van der Waals surface area contributed by atoms with E-state index >= 15 is 0 Å². The third-order valence-corrected chi connectivity index (χ3v) is 5.38. The molecule has 33 heavy (non-hydrogen) atoms. The number of aromatic nitrogens is 3. The lowest BCUT2D eigenvalue weighted by Gasteiger charge is -2.33. The first-order valence-corrected chi connectivity index (χ1v) is 11.2. The fourth-order valence-corrected chi connectivity index (χ4v) is 3.85. The fourth-order valence-electron chi connectivity index (χ4n) is 3.85. The number of piperidine rings is 1. The van der Waals surface area contributed by atoms with Crippen LogP contribution in [0.5, 0.6) is 0 Å². The molecule has 1 fully saturated rings. The molecule has 1 aliphatic rings. The summed E-state index contributed by atoms with van der Waals surface area (Å²) in [6, 6.07) is 1.79. The highest BCUT2D eigenvalue weighted by molar-refractivity contribution is 5.96. The molecule has 180 valence electrons. The third-order valence-electron chi connectivity index (χ3n) is 5.38. The normalized spacial score (nSPS) is 16.8. The molecule has 10 heteroatoms. The number of amides is 1. The van der Waals surface area contributed by atoms with E-state index in [2.05, 4.69) is 25.6 Å². The Hall–Kier alpha value is -3.14. The van der Waals surface area contributed by atoms with Gasteiger partial charge in [0, 0.05) is 31.4 Å². The van der Waals surface area contributed by atoms with Gasteiger partial charge in [0.25, 0.3) is 0 Å². The minimum absolute atomic E-state index is 0.162. The van der Waals surface area contributed by atoms with Crippen LogP contribution in [0.4, 0.5) is 16.3 Å². The molecule has 1 amide bonds. The molecule has 0 spiro atoms. The molecule has 0 aliphatic carbocycles. The maximum absolute atomic E-state index is 12.1. The number of pyridine rings is 1. The van der Waals surface area contributed by atoms with Gasteiger partial charge in [0.15, 0.2) is 0 Å². The number of nitrogens with one attached hydrogen (secondary N) is 2. The number of anilines is 2. The van der Waals surface area contributed by atoms with Gasteiger partial charge >= 0.3 is 12.1 Å². The summed E-state index contributed by atoms with van der Waals surface area (Å²) in [4.78, 5) is 30.5. The van der Waals surface area contributed by atoms with E-state index in [1.807, 2.05) is 38.6 Å². The summed E-state index contributed by atoms with van der Waals surface area (Å²) >= 11 is 0. The number of carbonyl (C=O) groups is 2. The van der Waals surface area contributed by atoms with Crippen LogP contribution in [-0.4, -0.2) is 70.6 Å². The van der Waals surface area contributed by atoms with Gasteiger partial charge in [0.05, 0.1) is 36.8 Å². The number of ether oxygens (including phenoxy) is 2. The Balaban J connectivity index is 1.65. The molecular weight excluding hydrogens is 424 g/mol. The Morgan fingerprint density at radius 3 is 2.79 bits per heavy atom. The van der Waals surface area contributed by atoms with Gasteiger partial charge in [-0.3, -0.25) is 9.88 Å². The molecule has 2 N–H and O–H groups in total. The van der Waals surface area contributed by atoms with Crippen molar-refractivity contribution in [3.05, 3.63) is 35.8 Å². The van der Waals surface area contributed by atoms with Gasteiger partial charge in [-0.2, -0.15) is 5.10 Å². The molecule has 0 aromatic carbocycles. The molecule has 1 unspecified atom stereocenters. The van der Waals surface area contributed by atoms with E-state index in [9.17, 15) is 9.59 Å². The standard InChI is InChI=1S/C23H34N6O4/c1-16-13-26-29(20(16)27-19-14-24-9-8-18(19)21(30)32-5)17-7-6-11-28(15-17)12-10-25-22(31)33-23(2,3)4/h8-9,13-14,17,27H,6-7,10-12,15H2,1-5H3,(H,25,31). The lowest BCUT2D eigenvalue weighted by molar-refractivity contribution is 0.0517. The average molecular weight is 459 g/mol. The molecule has 1 saturated heterocycles. The lowest BCUT2D eigenvalue weighted by Crippen LogP contribution is -2.42. The predicted molar refractivity (Wildman–Crippen MR) is 125 cm³/mol. The summed E-state index contributed by atoms with van der Waals surface area (Å²) in [6.45, 7) is 10.5. The number of hydrogen-bond donors (Lipinski definition) is 2. The van der Waals surface area contributed by atoms with Crippen molar-refractivity contribution in [2.75, 3.05) is 38.6 Å². The highest BCUT2D eigenvalue weighted by Crippen LogP contribution is 2.29. The van der Waals surface area contributed by atoms with Crippen molar-refractivity contribution in [3.8, 4) is 0 Å². The van der Waals surface area contributed by atoms with Gasteiger partial charge in [0.2, 0.25) is 0 Å². The summed E-state index contributed by atoms with van der Waals surface area (Å²) in [5.41, 5.74) is 1.45. The monoisotopic (exact) mass is 458 g/mol. The highest BCUT2D eigenvalue weighted by atomic mass is 16.6. The average Bonchev–Trinajstić information content (AvgIpc) is 3.13. The number of hydrogen-bond acceptors (Lipinski definition) is 8. The van der Waals surface area contributed by atoms with Crippen molar-refractivity contribution in [1.29, 1.82) is 0 Å². The molecule has 10 nitrogen and oxygen atoms in total. The second-order valence-corrected chi connectivity index (χ2v) is 9.18. The van der Waals surface area contributed by atoms with E-state index in [4.69, 9.17) is 9.47 Å². The topological polar surface area (TPSA) is 111 Å². The Kier molecular flexibility index (Phi) is 7.91. The van der Waals surface area contributed by atoms with Gasteiger partial charge in [0.1, 0.15) is 11.4 Å². The van der Waals surface area contributed by atoms with Crippen molar-refractivity contribution in [2.24, 2.45) is 0 Å². The zero-order valence-electron chi connectivity index (χ0n) is 20.1. The lowest BCUT2D eigenvalue weighted by atomic mass is 10.1. The van der Waals surface area contributed by atoms with Crippen LogP contribution in [0, 0.1) is 6.92 Å². The van der Waals surface area contributed by atoms with Crippen LogP contribution in [0.15, 0.2) is 24.7 Å². The summed E-state index contributed by atoms with van der Waals surface area (Å²) < 4.78 is 12.2. The minimum Gasteiger partial charge on any atom is -0.465 e. The molecule has 2 aromatic heterocycles. The Labute approximate surface area is 194 Å². The van der Waals surface area contributed by atoms with Crippen LogP contribution in [0.2, 0.25) is 0 Å². The van der Waals surface area contributed by atoms with E-state index in [-0.39, 0.29) is 6.04 Å². The van der Waals surface area contributed by atoms with Gasteiger partial charge in [-0.1, -0.05) is 0 Å². The maximum atomic E-state index is 12.1. The summed E-state index contributed by atoms with van der Waals surface area (Å²) in [6.07, 6.45) is 6.60. The Morgan fingerprint density at radius 2 is 2.06 bits per heavy atom. The van der Waals surface area contributed by atoms with Gasteiger partial charge < -0.3 is 20.1 Å². The quantitative estimate of drug-likeness (QED) is 0.608. The van der Waals surface area contributed by atoms with Crippen molar-refractivity contribution in [1.82, 2.24) is 25.0 Å². The molecule has 0 bridgehead atoms. The smallest absolute Gasteiger partial charge is 0.407 e. The van der Waals surface area contributed by atoms with Crippen molar-refractivity contribution >= 4 is 23.6 Å². The van der Waals surface area contributed by atoms with Gasteiger partial charge in [-0.15, -0.1) is 0 Å². The maximum Gasteiger partial charge on any atom is 0.407 e. The molecule has 3 rings (SSSR count). The van der Waals surface area contributed by atoms with Crippen LogP contribution in [0.3, 0.4) is 0 Å². The van der Waals surface area contributed by atoms with Gasteiger partial charge in [-0.05, 0) is 53.1 Å². The molecule has 0 radical (unpaired) electrons. The number of esters is 1. The fraction of sp³-hybridized carbons (Fsp3) is 0.565. The van der Waals surface area contributed by atoms with Crippen LogP contribution in [0.25, 0.3) is 0 Å². The van der Waals surface area contributed by atoms with E-state index < -0.39 is 17.7 Å². The summed E-state index contributed by atoms with van der Waals surface area (Å²) in [7, 11) is 1.36. The van der Waals surface area contributed by atoms with Crippen LogP contribution in [0.1, 0.15) is 55.6 Å². The molecular formula is C23H34N6O4. The summed E-state index contributed by atoms with van der Waals surface area (Å²) in [5, 5.41) is 10.8. The summed E-state index contributed by atoms with van der Waals surface area (Å²) in [5.74, 6) is 0.400. The van der Waals surface area contributed by atoms with Crippen LogP contribution < -0.4 is 10.6 Å². The number of alkyl carbamates (subject to hydrolysis) is 1. The largest absolute Gasteiger partial charge is 0.465 e. The van der Waals surface area contributed by atoms with E-state index in [0.717, 1.165) is 43.9 Å². The first kappa shape index (κ1) is 24.5. The molecule has 2 aromatic rings. The van der Waals surface area contributed by atoms with Crippen molar-refractivity contribution < 1.29 is 19.1 Å². The predicted octanol–water partition coefficient (Wildman–Crippen LogP) is 3.28. The molecule has 0 saturated carbocycles. The third kappa shape index (κ3) is 6.67. The highest BCUT2D eigenvalue weighted by Gasteiger charge is 2.25. The van der Waals surface area contributed by atoms with Crippen LogP contribution >= 0.6 is 0 Å².